The highest BCUT2D eigenvalue weighted by atomic mass is 16.6. The van der Waals surface area contributed by atoms with Gasteiger partial charge in [-0.3, -0.25) is 4.57 Å². The molecule has 120 valence electrons. The summed E-state index contributed by atoms with van der Waals surface area (Å²) in [6.07, 6.45) is -1.69. The first-order valence-electron chi connectivity index (χ1n) is 6.65. The molecule has 0 radical (unpaired) electrons. The van der Waals surface area contributed by atoms with Gasteiger partial charge in [0.2, 0.25) is 6.23 Å². The second kappa shape index (κ2) is 5.32. The van der Waals surface area contributed by atoms with Gasteiger partial charge < -0.3 is 30.5 Å². The molecule has 22 heavy (non-hydrogen) atoms. The van der Waals surface area contributed by atoms with Crippen LogP contribution in [0.4, 0.5) is 5.95 Å². The number of nitrogens with zero attached hydrogens (tertiary/aromatic N) is 4. The van der Waals surface area contributed by atoms with Gasteiger partial charge in [0.25, 0.3) is 5.95 Å². The fourth-order valence-corrected chi connectivity index (χ4v) is 2.76. The minimum atomic E-state index is -1.01. The predicted octanol–water partition coefficient (Wildman–Crippen LogP) is -2.82. The molecule has 0 unspecified atom stereocenters. The van der Waals surface area contributed by atoms with Crippen molar-refractivity contribution >= 4 is 17.1 Å². The van der Waals surface area contributed by atoms with Gasteiger partial charge in [0.05, 0.1) is 13.7 Å². The summed E-state index contributed by atoms with van der Waals surface area (Å²) in [5.74, 6) is -0.654. The zero-order valence-corrected chi connectivity index (χ0v) is 12.1. The zero-order chi connectivity index (χ0) is 16.0. The fourth-order valence-electron chi connectivity index (χ4n) is 2.76. The Balaban J connectivity index is 2.14. The van der Waals surface area contributed by atoms with Gasteiger partial charge in [-0.15, -0.1) is 0 Å². The minimum Gasteiger partial charge on any atom is -0.856 e. The number of nitrogens with two attached hydrogens (primary N) is 1. The molecule has 10 heteroatoms. The van der Waals surface area contributed by atoms with Crippen molar-refractivity contribution in [3.63, 3.8) is 0 Å². The van der Waals surface area contributed by atoms with Gasteiger partial charge in [0.15, 0.2) is 11.8 Å². The highest BCUT2D eigenvalue weighted by Gasteiger charge is 2.47. The van der Waals surface area contributed by atoms with Crippen molar-refractivity contribution < 1.29 is 29.4 Å². The largest absolute Gasteiger partial charge is 0.856 e. The maximum atomic E-state index is 12.0. The smallest absolute Gasteiger partial charge is 0.309 e. The standard InChI is InChI=1S/C12H17N5O5/c1-16-4-17(9-6(16)10(20)15-12(13)14-9)11-8(21-2)7(19)5(3-18)22-11/h4-5,7-8,11,18-19H,3H2,1-2H3,(H2-,13,14,15,20)/t5-,7-,8-,11-/m1/s1. The summed E-state index contributed by atoms with van der Waals surface area (Å²) in [4.78, 5) is 7.68. The lowest BCUT2D eigenvalue weighted by Crippen LogP contribution is -2.46. The molecule has 0 bridgehead atoms. The van der Waals surface area contributed by atoms with Crippen LogP contribution in [0.15, 0.2) is 6.33 Å². The molecule has 0 aromatic carbocycles. The Hall–Kier alpha value is -2.01. The Morgan fingerprint density at radius 3 is 2.91 bits per heavy atom. The average molecular weight is 311 g/mol. The molecular formula is C12H17N5O5. The number of hydrogen-bond acceptors (Lipinski definition) is 8. The number of ether oxygens (including phenoxy) is 2. The molecular weight excluding hydrogens is 294 g/mol. The number of aliphatic hydroxyl groups excluding tert-OH is 2. The third kappa shape index (κ3) is 2.08. The quantitative estimate of drug-likeness (QED) is 0.515. The summed E-state index contributed by atoms with van der Waals surface area (Å²) in [7, 11) is 3.09. The van der Waals surface area contributed by atoms with Crippen LogP contribution in [0.2, 0.25) is 0 Å². The molecule has 1 saturated heterocycles. The number of aliphatic hydroxyl groups is 2. The van der Waals surface area contributed by atoms with E-state index in [-0.39, 0.29) is 23.7 Å². The summed E-state index contributed by atoms with van der Waals surface area (Å²) in [5, 5.41) is 31.3. The van der Waals surface area contributed by atoms with Crippen molar-refractivity contribution in [1.29, 1.82) is 0 Å². The number of hydrogen-bond donors (Lipinski definition) is 3. The normalized spacial score (nSPS) is 28.5. The Bertz CT molecular complexity index is 705. The first-order valence-corrected chi connectivity index (χ1v) is 6.65. The molecule has 1 fully saturated rings. The number of methoxy groups -OCH3 is 1. The van der Waals surface area contributed by atoms with Crippen LogP contribution in [-0.4, -0.2) is 56.8 Å². The van der Waals surface area contributed by atoms with Gasteiger partial charge in [-0.2, -0.15) is 0 Å². The fraction of sp³-hybridized carbons (Fsp3) is 0.583. The summed E-state index contributed by atoms with van der Waals surface area (Å²) in [5.41, 5.74) is 6.08. The molecule has 0 amide bonds. The van der Waals surface area contributed by atoms with E-state index in [9.17, 15) is 15.3 Å². The van der Waals surface area contributed by atoms with Crippen molar-refractivity contribution in [2.24, 2.45) is 7.05 Å². The summed E-state index contributed by atoms with van der Waals surface area (Å²) in [6.45, 7) is -0.354. The van der Waals surface area contributed by atoms with Gasteiger partial charge in [-0.1, -0.05) is 4.98 Å². The molecule has 0 aliphatic carbocycles. The van der Waals surface area contributed by atoms with E-state index >= 15 is 0 Å². The van der Waals surface area contributed by atoms with Crippen LogP contribution in [0.5, 0.6) is 5.88 Å². The van der Waals surface area contributed by atoms with Crippen LogP contribution in [-0.2, 0) is 16.5 Å². The van der Waals surface area contributed by atoms with Crippen molar-refractivity contribution in [3.05, 3.63) is 6.33 Å². The first-order chi connectivity index (χ1) is 10.5. The van der Waals surface area contributed by atoms with E-state index in [1.54, 1.807) is 22.5 Å². The lowest BCUT2D eigenvalue weighted by molar-refractivity contribution is -0.746. The van der Waals surface area contributed by atoms with Crippen molar-refractivity contribution in [3.8, 4) is 5.88 Å². The Kier molecular flexibility index (Phi) is 3.60. The molecule has 1 aliphatic heterocycles. The van der Waals surface area contributed by atoms with Crippen LogP contribution in [0, 0.1) is 0 Å². The third-order valence-corrected chi connectivity index (χ3v) is 3.78. The number of anilines is 1. The molecule has 2 aromatic heterocycles. The highest BCUT2D eigenvalue weighted by Crippen LogP contribution is 2.29. The highest BCUT2D eigenvalue weighted by molar-refractivity contribution is 5.74. The number of aryl methyl sites for hydroxylation is 1. The maximum Gasteiger partial charge on any atom is 0.309 e. The van der Waals surface area contributed by atoms with Crippen LogP contribution >= 0.6 is 0 Å². The van der Waals surface area contributed by atoms with E-state index in [2.05, 4.69) is 9.97 Å². The molecule has 0 saturated carbocycles. The van der Waals surface area contributed by atoms with E-state index in [4.69, 9.17) is 15.2 Å². The number of aromatic nitrogens is 4. The van der Waals surface area contributed by atoms with Crippen molar-refractivity contribution in [1.82, 2.24) is 14.5 Å². The van der Waals surface area contributed by atoms with Gasteiger partial charge in [0.1, 0.15) is 18.3 Å². The molecule has 10 nitrogen and oxygen atoms in total. The van der Waals surface area contributed by atoms with Crippen LogP contribution in [0.25, 0.3) is 11.2 Å². The second-order valence-electron chi connectivity index (χ2n) is 5.13. The summed E-state index contributed by atoms with van der Waals surface area (Å²) < 4.78 is 14.0. The Labute approximate surface area is 125 Å². The molecule has 0 spiro atoms. The topological polar surface area (TPSA) is 143 Å². The number of imidazole rings is 1. The van der Waals surface area contributed by atoms with Crippen LogP contribution < -0.4 is 15.4 Å². The van der Waals surface area contributed by atoms with E-state index in [1.165, 1.54) is 7.11 Å². The van der Waals surface area contributed by atoms with E-state index in [0.29, 0.717) is 0 Å². The second-order valence-corrected chi connectivity index (χ2v) is 5.13. The Morgan fingerprint density at radius 1 is 1.55 bits per heavy atom. The van der Waals surface area contributed by atoms with Gasteiger partial charge >= 0.3 is 5.65 Å². The summed E-state index contributed by atoms with van der Waals surface area (Å²) in [6, 6.07) is 0. The van der Waals surface area contributed by atoms with Crippen molar-refractivity contribution in [2.45, 2.75) is 24.5 Å². The SMILES string of the molecule is CO[C@@H]1[C@H](O)[C@@H](CO)O[C@H]1[n+]1cn(C)c2c([O-])nc(N)nc21. The monoisotopic (exact) mass is 311 g/mol. The third-order valence-electron chi connectivity index (χ3n) is 3.78. The molecule has 1 aliphatic rings. The van der Waals surface area contributed by atoms with Crippen molar-refractivity contribution in [2.75, 3.05) is 19.5 Å². The van der Waals surface area contributed by atoms with E-state index < -0.39 is 30.4 Å². The van der Waals surface area contributed by atoms with E-state index in [0.717, 1.165) is 0 Å². The lowest BCUT2D eigenvalue weighted by Gasteiger charge is -2.16. The number of rotatable bonds is 3. The maximum absolute atomic E-state index is 12.0. The summed E-state index contributed by atoms with van der Waals surface area (Å²) >= 11 is 0. The Morgan fingerprint density at radius 2 is 2.27 bits per heavy atom. The molecule has 4 atom stereocenters. The molecule has 2 aromatic rings. The molecule has 4 N–H and O–H groups in total. The van der Waals surface area contributed by atoms with Gasteiger partial charge in [-0.05, 0) is 0 Å². The predicted molar refractivity (Wildman–Crippen MR) is 70.4 cm³/mol. The van der Waals surface area contributed by atoms with E-state index in [1.807, 2.05) is 0 Å². The van der Waals surface area contributed by atoms with Gasteiger partial charge in [0, 0.05) is 13.0 Å². The molecule has 3 rings (SSSR count). The van der Waals surface area contributed by atoms with Gasteiger partial charge in [-0.25, -0.2) is 9.55 Å². The minimum absolute atomic E-state index is 0.149. The average Bonchev–Trinajstić information content (AvgIpc) is 2.96. The first kappa shape index (κ1) is 14.9. The number of nitrogen functional groups attached to an aromatic ring is 1. The molecule has 3 heterocycles. The van der Waals surface area contributed by atoms with Crippen LogP contribution in [0.3, 0.4) is 0 Å². The van der Waals surface area contributed by atoms with Crippen LogP contribution in [0.1, 0.15) is 6.23 Å². The number of fused-ring (bicyclic) bond motifs is 1. The lowest BCUT2D eigenvalue weighted by atomic mass is 10.1. The zero-order valence-electron chi connectivity index (χ0n) is 12.1.